The van der Waals surface area contributed by atoms with Crippen molar-refractivity contribution in [2.45, 2.75) is 53.0 Å². The van der Waals surface area contributed by atoms with Crippen LogP contribution in [-0.4, -0.2) is 18.5 Å². The highest BCUT2D eigenvalue weighted by Crippen LogP contribution is 2.07. The summed E-state index contributed by atoms with van der Waals surface area (Å²) in [6.07, 6.45) is 2.48. The van der Waals surface area contributed by atoms with Crippen molar-refractivity contribution < 1.29 is 4.79 Å². The molecule has 0 bridgehead atoms. The highest BCUT2D eigenvalue weighted by molar-refractivity contribution is 5.76. The second-order valence-electron chi connectivity index (χ2n) is 4.71. The van der Waals surface area contributed by atoms with E-state index in [1.165, 1.54) is 0 Å². The van der Waals surface area contributed by atoms with E-state index in [0.29, 0.717) is 30.8 Å². The molecule has 0 aromatic carbocycles. The average molecular weight is 214 g/mol. The third-order valence-corrected chi connectivity index (χ3v) is 2.86. The quantitative estimate of drug-likeness (QED) is 0.680. The molecule has 2 atom stereocenters. The molecule has 0 radical (unpaired) electrons. The number of carbonyl (C=O) groups is 1. The summed E-state index contributed by atoms with van der Waals surface area (Å²) in [4.78, 5) is 11.6. The van der Waals surface area contributed by atoms with E-state index in [-0.39, 0.29) is 5.91 Å². The van der Waals surface area contributed by atoms with Crippen LogP contribution in [0, 0.1) is 11.8 Å². The zero-order valence-electron chi connectivity index (χ0n) is 10.5. The van der Waals surface area contributed by atoms with Crippen LogP contribution in [0.1, 0.15) is 47.0 Å². The number of rotatable bonds is 7. The molecule has 15 heavy (non-hydrogen) atoms. The molecule has 0 saturated carbocycles. The van der Waals surface area contributed by atoms with Gasteiger partial charge in [0.25, 0.3) is 0 Å². The number of nitrogens with one attached hydrogen (secondary N) is 1. The molecule has 0 heterocycles. The second-order valence-corrected chi connectivity index (χ2v) is 4.71. The molecule has 3 heteroatoms. The van der Waals surface area contributed by atoms with E-state index >= 15 is 0 Å². The van der Waals surface area contributed by atoms with E-state index < -0.39 is 0 Å². The maximum atomic E-state index is 11.6. The Balaban J connectivity index is 3.81. The van der Waals surface area contributed by atoms with E-state index in [4.69, 9.17) is 5.73 Å². The van der Waals surface area contributed by atoms with E-state index in [0.717, 1.165) is 12.8 Å². The molecule has 3 nitrogen and oxygen atoms in total. The maximum absolute atomic E-state index is 11.6. The fourth-order valence-electron chi connectivity index (χ4n) is 1.51. The Labute approximate surface area is 93.8 Å². The minimum atomic E-state index is 0.163. The van der Waals surface area contributed by atoms with Crippen molar-refractivity contribution in [2.75, 3.05) is 6.54 Å². The molecule has 0 aliphatic rings. The minimum Gasteiger partial charge on any atom is -0.353 e. The summed E-state index contributed by atoms with van der Waals surface area (Å²) in [6.45, 7) is 9.11. The van der Waals surface area contributed by atoms with Crippen LogP contribution in [0.3, 0.4) is 0 Å². The van der Waals surface area contributed by atoms with Crippen molar-refractivity contribution in [3.63, 3.8) is 0 Å². The molecule has 0 aromatic heterocycles. The van der Waals surface area contributed by atoms with Crippen LogP contribution in [0.2, 0.25) is 0 Å². The average Bonchev–Trinajstić information content (AvgIpc) is 2.21. The smallest absolute Gasteiger partial charge is 0.220 e. The zero-order valence-corrected chi connectivity index (χ0v) is 10.5. The summed E-state index contributed by atoms with van der Waals surface area (Å²) in [5, 5.41) is 3.07. The lowest BCUT2D eigenvalue weighted by molar-refractivity contribution is -0.122. The molecule has 0 saturated heterocycles. The second kappa shape index (κ2) is 7.69. The van der Waals surface area contributed by atoms with E-state index in [1.807, 2.05) is 0 Å². The Bertz CT molecular complexity index is 180. The summed E-state index contributed by atoms with van der Waals surface area (Å²) in [5.74, 6) is 1.11. The Kier molecular flexibility index (Phi) is 7.39. The first kappa shape index (κ1) is 14.4. The van der Waals surface area contributed by atoms with Gasteiger partial charge in [0.05, 0.1) is 0 Å². The predicted octanol–water partition coefficient (Wildman–Crippen LogP) is 1.91. The van der Waals surface area contributed by atoms with Gasteiger partial charge in [-0.05, 0) is 31.2 Å². The van der Waals surface area contributed by atoms with Crippen LogP contribution in [0.15, 0.2) is 0 Å². The molecule has 0 aliphatic heterocycles. The maximum Gasteiger partial charge on any atom is 0.220 e. The van der Waals surface area contributed by atoms with Crippen LogP contribution < -0.4 is 11.1 Å². The highest BCUT2D eigenvalue weighted by atomic mass is 16.1. The molecule has 0 spiro atoms. The van der Waals surface area contributed by atoms with Crippen molar-refractivity contribution in [1.29, 1.82) is 0 Å². The summed E-state index contributed by atoms with van der Waals surface area (Å²) >= 11 is 0. The lowest BCUT2D eigenvalue weighted by atomic mass is 10.0. The number of amides is 1. The molecule has 2 unspecified atom stereocenters. The van der Waals surface area contributed by atoms with Gasteiger partial charge in [-0.2, -0.15) is 0 Å². The summed E-state index contributed by atoms with van der Waals surface area (Å²) in [7, 11) is 0. The molecule has 90 valence electrons. The standard InChI is InChI=1S/C12H26N2O/c1-5-11(9(2)3)14-12(15)7-6-10(4)8-13/h9-11H,5-8,13H2,1-4H3,(H,14,15). The normalized spacial score (nSPS) is 15.1. The molecule has 1 amide bonds. The van der Waals surface area contributed by atoms with Gasteiger partial charge in [0.15, 0.2) is 0 Å². The van der Waals surface area contributed by atoms with Gasteiger partial charge in [-0.15, -0.1) is 0 Å². The van der Waals surface area contributed by atoms with Gasteiger partial charge in [-0.1, -0.05) is 27.7 Å². The van der Waals surface area contributed by atoms with Crippen LogP contribution in [0.25, 0.3) is 0 Å². The van der Waals surface area contributed by atoms with Gasteiger partial charge in [0, 0.05) is 12.5 Å². The van der Waals surface area contributed by atoms with Crippen LogP contribution in [0.4, 0.5) is 0 Å². The lowest BCUT2D eigenvalue weighted by Gasteiger charge is -2.21. The SMILES string of the molecule is CCC(NC(=O)CCC(C)CN)C(C)C. The predicted molar refractivity (Wildman–Crippen MR) is 64.5 cm³/mol. The number of nitrogens with two attached hydrogens (primary N) is 1. The van der Waals surface area contributed by atoms with Gasteiger partial charge >= 0.3 is 0 Å². The fraction of sp³-hybridized carbons (Fsp3) is 0.917. The van der Waals surface area contributed by atoms with Crippen molar-refractivity contribution in [3.05, 3.63) is 0 Å². The highest BCUT2D eigenvalue weighted by Gasteiger charge is 2.14. The third-order valence-electron chi connectivity index (χ3n) is 2.86. The first-order valence-corrected chi connectivity index (χ1v) is 6.00. The molecular weight excluding hydrogens is 188 g/mol. The van der Waals surface area contributed by atoms with Crippen molar-refractivity contribution >= 4 is 5.91 Å². The Morgan fingerprint density at radius 2 is 1.93 bits per heavy atom. The van der Waals surface area contributed by atoms with E-state index in [2.05, 4.69) is 33.0 Å². The topological polar surface area (TPSA) is 55.1 Å². The van der Waals surface area contributed by atoms with Crippen LogP contribution in [0.5, 0.6) is 0 Å². The Morgan fingerprint density at radius 1 is 1.33 bits per heavy atom. The van der Waals surface area contributed by atoms with Crippen LogP contribution in [-0.2, 0) is 4.79 Å². The fourth-order valence-corrected chi connectivity index (χ4v) is 1.51. The van der Waals surface area contributed by atoms with Gasteiger partial charge in [-0.25, -0.2) is 0 Å². The molecule has 0 rings (SSSR count). The van der Waals surface area contributed by atoms with Gasteiger partial charge < -0.3 is 11.1 Å². The van der Waals surface area contributed by atoms with Crippen molar-refractivity contribution in [2.24, 2.45) is 17.6 Å². The lowest BCUT2D eigenvalue weighted by Crippen LogP contribution is -2.38. The third kappa shape index (κ3) is 6.50. The Hall–Kier alpha value is -0.570. The molecule has 0 aromatic rings. The summed E-state index contributed by atoms with van der Waals surface area (Å²) in [6, 6.07) is 0.311. The monoisotopic (exact) mass is 214 g/mol. The molecule has 3 N–H and O–H groups in total. The van der Waals surface area contributed by atoms with E-state index in [1.54, 1.807) is 0 Å². The largest absolute Gasteiger partial charge is 0.353 e. The van der Waals surface area contributed by atoms with Gasteiger partial charge in [0.2, 0.25) is 5.91 Å². The summed E-state index contributed by atoms with van der Waals surface area (Å²) < 4.78 is 0. The molecule has 0 fully saturated rings. The Morgan fingerprint density at radius 3 is 2.33 bits per heavy atom. The molecular formula is C12H26N2O. The first-order valence-electron chi connectivity index (χ1n) is 6.00. The van der Waals surface area contributed by atoms with Crippen molar-refractivity contribution in [3.8, 4) is 0 Å². The van der Waals surface area contributed by atoms with Gasteiger partial charge in [-0.3, -0.25) is 4.79 Å². The summed E-state index contributed by atoms with van der Waals surface area (Å²) in [5.41, 5.74) is 5.50. The zero-order chi connectivity index (χ0) is 11.8. The molecule has 0 aliphatic carbocycles. The van der Waals surface area contributed by atoms with Gasteiger partial charge in [0.1, 0.15) is 0 Å². The number of hydrogen-bond acceptors (Lipinski definition) is 2. The number of carbonyl (C=O) groups excluding carboxylic acids is 1. The first-order chi connectivity index (χ1) is 7.01. The number of hydrogen-bond donors (Lipinski definition) is 2. The van der Waals surface area contributed by atoms with Crippen molar-refractivity contribution in [1.82, 2.24) is 5.32 Å². The van der Waals surface area contributed by atoms with Crippen LogP contribution >= 0.6 is 0 Å². The van der Waals surface area contributed by atoms with E-state index in [9.17, 15) is 4.79 Å². The minimum absolute atomic E-state index is 0.163.